The second-order valence-corrected chi connectivity index (χ2v) is 5.74. The van der Waals surface area contributed by atoms with E-state index in [1.54, 1.807) is 12.3 Å². The van der Waals surface area contributed by atoms with Gasteiger partial charge in [0.2, 0.25) is 5.95 Å². The van der Waals surface area contributed by atoms with Crippen LogP contribution < -0.4 is 9.80 Å². The Morgan fingerprint density at radius 3 is 2.78 bits per heavy atom. The molecule has 1 aromatic carbocycles. The van der Waals surface area contributed by atoms with Crippen molar-refractivity contribution in [1.82, 2.24) is 9.97 Å². The predicted molar refractivity (Wildman–Crippen MR) is 88.3 cm³/mol. The van der Waals surface area contributed by atoms with Crippen LogP contribution in [0.4, 0.5) is 16.2 Å². The molecule has 5 nitrogen and oxygen atoms in total. The number of benzene rings is 1. The summed E-state index contributed by atoms with van der Waals surface area (Å²) in [6.07, 6.45) is 1.78. The Kier molecular flexibility index (Phi) is 4.71. The summed E-state index contributed by atoms with van der Waals surface area (Å²) >= 11 is 0. The molecule has 0 atom stereocenters. The van der Waals surface area contributed by atoms with Crippen LogP contribution in [-0.4, -0.2) is 43.3 Å². The molecule has 0 radical (unpaired) electrons. The third-order valence-electron chi connectivity index (χ3n) is 4.03. The summed E-state index contributed by atoms with van der Waals surface area (Å²) in [6.45, 7) is 5.63. The molecule has 1 aliphatic heterocycles. The number of rotatable bonds is 4. The Morgan fingerprint density at radius 1 is 1.26 bits per heavy atom. The fraction of sp³-hybridized carbons (Fsp3) is 0.412. The topological polar surface area (TPSA) is 41.5 Å². The van der Waals surface area contributed by atoms with Crippen molar-refractivity contribution >= 4 is 11.8 Å². The number of nitrogens with zero attached hydrogens (tertiary/aromatic N) is 4. The minimum absolute atomic E-state index is 0.203. The van der Waals surface area contributed by atoms with Crippen LogP contribution in [0.1, 0.15) is 11.1 Å². The Bertz CT molecular complexity index is 673. The van der Waals surface area contributed by atoms with Crippen molar-refractivity contribution in [2.45, 2.75) is 13.5 Å². The van der Waals surface area contributed by atoms with Crippen LogP contribution in [0, 0.1) is 12.7 Å². The average Bonchev–Trinajstić information content (AvgIpc) is 2.58. The van der Waals surface area contributed by atoms with E-state index in [-0.39, 0.29) is 5.82 Å². The summed E-state index contributed by atoms with van der Waals surface area (Å²) in [7, 11) is 1.98. The van der Waals surface area contributed by atoms with E-state index in [2.05, 4.69) is 14.9 Å². The Morgan fingerprint density at radius 2 is 2.04 bits per heavy atom. The molecule has 1 aromatic heterocycles. The number of hydrogen-bond donors (Lipinski definition) is 0. The first-order valence-electron chi connectivity index (χ1n) is 7.75. The summed E-state index contributed by atoms with van der Waals surface area (Å²) in [5.41, 5.74) is 2.03. The van der Waals surface area contributed by atoms with Crippen LogP contribution in [0.15, 0.2) is 30.5 Å². The number of hydrogen-bond acceptors (Lipinski definition) is 5. The zero-order chi connectivity index (χ0) is 16.2. The van der Waals surface area contributed by atoms with Gasteiger partial charge in [-0.3, -0.25) is 0 Å². The Labute approximate surface area is 135 Å². The zero-order valence-electron chi connectivity index (χ0n) is 13.5. The zero-order valence-corrected chi connectivity index (χ0v) is 13.5. The molecule has 0 saturated carbocycles. The second-order valence-electron chi connectivity index (χ2n) is 5.74. The highest BCUT2D eigenvalue weighted by Crippen LogP contribution is 2.18. The van der Waals surface area contributed by atoms with Crippen LogP contribution >= 0.6 is 0 Å². The molecule has 0 N–H and O–H groups in total. The molecular formula is C17H21FN4O. The van der Waals surface area contributed by atoms with Crippen molar-refractivity contribution in [3.8, 4) is 0 Å². The molecule has 1 fully saturated rings. The Balaban J connectivity index is 1.75. The quantitative estimate of drug-likeness (QED) is 0.866. The lowest BCUT2D eigenvalue weighted by Crippen LogP contribution is -2.37. The van der Waals surface area contributed by atoms with E-state index in [9.17, 15) is 4.39 Å². The summed E-state index contributed by atoms with van der Waals surface area (Å²) in [6, 6.07) is 6.77. The van der Waals surface area contributed by atoms with Gasteiger partial charge in [0.25, 0.3) is 0 Å². The third-order valence-corrected chi connectivity index (χ3v) is 4.03. The number of ether oxygens (including phenoxy) is 1. The lowest BCUT2D eigenvalue weighted by Gasteiger charge is -2.27. The van der Waals surface area contributed by atoms with E-state index in [0.717, 1.165) is 36.0 Å². The molecule has 0 unspecified atom stereocenters. The molecular weight excluding hydrogens is 295 g/mol. The van der Waals surface area contributed by atoms with Crippen molar-refractivity contribution in [3.05, 3.63) is 47.4 Å². The minimum atomic E-state index is -0.203. The number of anilines is 2. The van der Waals surface area contributed by atoms with Gasteiger partial charge >= 0.3 is 0 Å². The van der Waals surface area contributed by atoms with Crippen LogP contribution in [0.2, 0.25) is 0 Å². The minimum Gasteiger partial charge on any atom is -0.378 e. The van der Waals surface area contributed by atoms with E-state index in [0.29, 0.717) is 19.8 Å². The number of aryl methyl sites for hydroxylation is 1. The van der Waals surface area contributed by atoms with Gasteiger partial charge in [-0.1, -0.05) is 6.07 Å². The molecule has 0 amide bonds. The third kappa shape index (κ3) is 3.76. The summed E-state index contributed by atoms with van der Waals surface area (Å²) in [4.78, 5) is 13.2. The van der Waals surface area contributed by atoms with Gasteiger partial charge in [0, 0.05) is 32.9 Å². The second kappa shape index (κ2) is 6.91. The first-order valence-corrected chi connectivity index (χ1v) is 7.75. The highest BCUT2D eigenvalue weighted by Gasteiger charge is 2.15. The maximum Gasteiger partial charge on any atom is 0.227 e. The van der Waals surface area contributed by atoms with Crippen molar-refractivity contribution in [1.29, 1.82) is 0 Å². The van der Waals surface area contributed by atoms with E-state index in [1.165, 1.54) is 6.07 Å². The summed E-state index contributed by atoms with van der Waals surface area (Å²) < 4.78 is 18.6. The molecule has 1 saturated heterocycles. The van der Waals surface area contributed by atoms with Gasteiger partial charge in [0.15, 0.2) is 0 Å². The van der Waals surface area contributed by atoms with Crippen molar-refractivity contribution in [2.24, 2.45) is 0 Å². The number of morpholine rings is 1. The highest BCUT2D eigenvalue weighted by molar-refractivity contribution is 5.44. The molecule has 0 aliphatic carbocycles. The van der Waals surface area contributed by atoms with E-state index < -0.39 is 0 Å². The van der Waals surface area contributed by atoms with Crippen molar-refractivity contribution in [3.63, 3.8) is 0 Å². The van der Waals surface area contributed by atoms with Crippen LogP contribution in [0.25, 0.3) is 0 Å². The molecule has 2 heterocycles. The molecule has 3 rings (SSSR count). The van der Waals surface area contributed by atoms with Crippen LogP contribution in [0.3, 0.4) is 0 Å². The molecule has 1 aliphatic rings. The first kappa shape index (κ1) is 15.7. The van der Waals surface area contributed by atoms with Gasteiger partial charge in [0.1, 0.15) is 11.6 Å². The summed E-state index contributed by atoms with van der Waals surface area (Å²) in [5.74, 6) is 1.38. The largest absolute Gasteiger partial charge is 0.378 e. The fourth-order valence-corrected chi connectivity index (χ4v) is 2.64. The van der Waals surface area contributed by atoms with E-state index >= 15 is 0 Å². The molecule has 0 bridgehead atoms. The molecule has 23 heavy (non-hydrogen) atoms. The van der Waals surface area contributed by atoms with Gasteiger partial charge in [-0.15, -0.1) is 0 Å². The normalized spacial score (nSPS) is 14.8. The van der Waals surface area contributed by atoms with Gasteiger partial charge in [-0.2, -0.15) is 4.98 Å². The molecule has 122 valence electrons. The maximum absolute atomic E-state index is 13.2. The maximum atomic E-state index is 13.2. The van der Waals surface area contributed by atoms with E-state index in [4.69, 9.17) is 4.74 Å². The number of aromatic nitrogens is 2. The smallest absolute Gasteiger partial charge is 0.227 e. The predicted octanol–water partition coefficient (Wildman–Crippen LogP) is 2.40. The monoisotopic (exact) mass is 316 g/mol. The highest BCUT2D eigenvalue weighted by atomic mass is 19.1. The van der Waals surface area contributed by atoms with Crippen LogP contribution in [-0.2, 0) is 11.3 Å². The SMILES string of the molecule is Cc1cc(F)ccc1CN(C)c1ccnc(N2CCOCC2)n1. The lowest BCUT2D eigenvalue weighted by atomic mass is 10.1. The van der Waals surface area contributed by atoms with Gasteiger partial charge < -0.3 is 14.5 Å². The van der Waals surface area contributed by atoms with Crippen molar-refractivity contribution in [2.75, 3.05) is 43.2 Å². The van der Waals surface area contributed by atoms with E-state index in [1.807, 2.05) is 31.0 Å². The van der Waals surface area contributed by atoms with Gasteiger partial charge in [-0.25, -0.2) is 9.37 Å². The number of halogens is 1. The molecule has 6 heteroatoms. The standard InChI is InChI=1S/C17H21FN4O/c1-13-11-15(18)4-3-14(13)12-21(2)16-5-6-19-17(20-16)22-7-9-23-10-8-22/h3-6,11H,7-10,12H2,1-2H3. The first-order chi connectivity index (χ1) is 11.1. The van der Waals surface area contributed by atoms with Gasteiger partial charge in [0.05, 0.1) is 13.2 Å². The van der Waals surface area contributed by atoms with Gasteiger partial charge in [-0.05, 0) is 36.2 Å². The van der Waals surface area contributed by atoms with Crippen LogP contribution in [0.5, 0.6) is 0 Å². The fourth-order valence-electron chi connectivity index (χ4n) is 2.64. The Hall–Kier alpha value is -2.21. The average molecular weight is 316 g/mol. The lowest BCUT2D eigenvalue weighted by molar-refractivity contribution is 0.122. The molecule has 0 spiro atoms. The summed E-state index contributed by atoms with van der Waals surface area (Å²) in [5, 5.41) is 0. The molecule has 2 aromatic rings. The van der Waals surface area contributed by atoms with Crippen molar-refractivity contribution < 1.29 is 9.13 Å².